The minimum atomic E-state index is -1.17. The van der Waals surface area contributed by atoms with Crippen LogP contribution in [0.5, 0.6) is 5.75 Å². The van der Waals surface area contributed by atoms with E-state index >= 15 is 0 Å². The number of nitrogens with one attached hydrogen (secondary N) is 1. The maximum Gasteiger partial charge on any atom is 0.412 e. The van der Waals surface area contributed by atoms with E-state index in [2.05, 4.69) is 5.32 Å². The van der Waals surface area contributed by atoms with Gasteiger partial charge in [0.25, 0.3) is 0 Å². The molecule has 0 radical (unpaired) electrons. The molecule has 0 fully saturated rings. The fourth-order valence-corrected chi connectivity index (χ4v) is 1.42. The maximum atomic E-state index is 11.7. The van der Waals surface area contributed by atoms with E-state index in [9.17, 15) is 14.4 Å². The molecule has 1 amide bonds. The summed E-state index contributed by atoms with van der Waals surface area (Å²) in [6.07, 6.45) is -0.779. The van der Waals surface area contributed by atoms with Crippen molar-refractivity contribution in [1.82, 2.24) is 0 Å². The number of carbonyl (C=O) groups excluding carboxylic acids is 2. The summed E-state index contributed by atoms with van der Waals surface area (Å²) in [7, 11) is 0. The van der Waals surface area contributed by atoms with Crippen molar-refractivity contribution in [1.29, 1.82) is 0 Å². The number of benzene rings is 1. The summed E-state index contributed by atoms with van der Waals surface area (Å²) in [4.78, 5) is 33.7. The van der Waals surface area contributed by atoms with Crippen LogP contribution in [0.2, 0.25) is 0 Å². The molecule has 0 aromatic heterocycles. The summed E-state index contributed by atoms with van der Waals surface area (Å²) in [5.74, 6) is -1.72. The Morgan fingerprint density at radius 3 is 2.29 bits per heavy atom. The highest BCUT2D eigenvalue weighted by atomic mass is 16.6. The Morgan fingerprint density at radius 1 is 1.19 bits per heavy atom. The molecule has 1 aromatic rings. The summed E-state index contributed by atoms with van der Waals surface area (Å²) >= 11 is 0. The Morgan fingerprint density at radius 2 is 1.81 bits per heavy atom. The SMILES string of the molecule is CC(=O)Oc1ccc(C(=O)O)cc1NC(=O)OC(C)(C)C. The molecule has 0 bridgehead atoms. The van der Waals surface area contributed by atoms with Gasteiger partial charge in [-0.3, -0.25) is 10.1 Å². The van der Waals surface area contributed by atoms with Gasteiger partial charge in [0, 0.05) is 6.92 Å². The number of carboxylic acids is 1. The molecular formula is C14H17NO6. The lowest BCUT2D eigenvalue weighted by Gasteiger charge is -2.20. The summed E-state index contributed by atoms with van der Waals surface area (Å²) in [6.45, 7) is 6.26. The van der Waals surface area contributed by atoms with Crippen molar-refractivity contribution < 1.29 is 29.0 Å². The third-order valence-electron chi connectivity index (χ3n) is 2.12. The molecule has 21 heavy (non-hydrogen) atoms. The number of rotatable bonds is 3. The molecule has 1 aromatic carbocycles. The van der Waals surface area contributed by atoms with E-state index in [1.165, 1.54) is 25.1 Å². The molecule has 0 aliphatic heterocycles. The highest BCUT2D eigenvalue weighted by molar-refractivity contribution is 5.93. The molecule has 1 rings (SSSR count). The zero-order valence-electron chi connectivity index (χ0n) is 12.2. The van der Waals surface area contributed by atoms with E-state index < -0.39 is 23.6 Å². The number of anilines is 1. The molecule has 0 unspecified atom stereocenters. The van der Waals surface area contributed by atoms with E-state index in [1.54, 1.807) is 20.8 Å². The second kappa shape index (κ2) is 6.25. The molecule has 0 aliphatic carbocycles. The van der Waals surface area contributed by atoms with Gasteiger partial charge in [-0.25, -0.2) is 9.59 Å². The smallest absolute Gasteiger partial charge is 0.412 e. The van der Waals surface area contributed by atoms with Crippen LogP contribution in [0.3, 0.4) is 0 Å². The van der Waals surface area contributed by atoms with Crippen molar-refractivity contribution in [2.75, 3.05) is 5.32 Å². The first-order valence-corrected chi connectivity index (χ1v) is 6.14. The van der Waals surface area contributed by atoms with Crippen LogP contribution in [0, 0.1) is 0 Å². The zero-order chi connectivity index (χ0) is 16.2. The van der Waals surface area contributed by atoms with E-state index in [1.807, 2.05) is 0 Å². The predicted molar refractivity (Wildman–Crippen MR) is 74.6 cm³/mol. The lowest BCUT2D eigenvalue weighted by Crippen LogP contribution is -2.27. The molecule has 114 valence electrons. The van der Waals surface area contributed by atoms with Crippen LogP contribution < -0.4 is 10.1 Å². The van der Waals surface area contributed by atoms with Gasteiger partial charge in [0.15, 0.2) is 5.75 Å². The molecule has 0 spiro atoms. The van der Waals surface area contributed by atoms with Crippen molar-refractivity contribution >= 4 is 23.7 Å². The lowest BCUT2D eigenvalue weighted by atomic mass is 10.2. The van der Waals surface area contributed by atoms with Gasteiger partial charge >= 0.3 is 18.0 Å². The van der Waals surface area contributed by atoms with Gasteiger partial charge in [0.2, 0.25) is 0 Å². The monoisotopic (exact) mass is 295 g/mol. The number of ether oxygens (including phenoxy) is 2. The van der Waals surface area contributed by atoms with Gasteiger partial charge in [0.05, 0.1) is 11.3 Å². The Balaban J connectivity index is 3.05. The van der Waals surface area contributed by atoms with Crippen LogP contribution in [0.15, 0.2) is 18.2 Å². The number of carboxylic acid groups (broad SMARTS) is 1. The average molecular weight is 295 g/mol. The Hall–Kier alpha value is -2.57. The second-order valence-corrected chi connectivity index (χ2v) is 5.24. The van der Waals surface area contributed by atoms with Gasteiger partial charge in [-0.15, -0.1) is 0 Å². The molecule has 0 heterocycles. The summed E-state index contributed by atoms with van der Waals surface area (Å²) in [5, 5.41) is 11.3. The number of amides is 1. The topological polar surface area (TPSA) is 102 Å². The lowest BCUT2D eigenvalue weighted by molar-refractivity contribution is -0.131. The van der Waals surface area contributed by atoms with Crippen LogP contribution in [0.1, 0.15) is 38.1 Å². The Bertz CT molecular complexity index is 573. The van der Waals surface area contributed by atoms with Gasteiger partial charge in [-0.1, -0.05) is 0 Å². The van der Waals surface area contributed by atoms with E-state index in [4.69, 9.17) is 14.6 Å². The standard InChI is InChI=1S/C14H17NO6/c1-8(16)20-11-6-5-9(12(17)18)7-10(11)15-13(19)21-14(2,3)4/h5-7H,1-4H3,(H,15,19)(H,17,18). The second-order valence-electron chi connectivity index (χ2n) is 5.24. The third-order valence-corrected chi connectivity index (χ3v) is 2.12. The van der Waals surface area contributed by atoms with Crippen LogP contribution in [0.4, 0.5) is 10.5 Å². The molecule has 0 aliphatic rings. The molecule has 7 heteroatoms. The van der Waals surface area contributed by atoms with Crippen LogP contribution in [-0.4, -0.2) is 28.7 Å². The van der Waals surface area contributed by atoms with Gasteiger partial charge < -0.3 is 14.6 Å². The molecule has 2 N–H and O–H groups in total. The van der Waals surface area contributed by atoms with Gasteiger partial charge in [-0.2, -0.15) is 0 Å². The van der Waals surface area contributed by atoms with E-state index in [-0.39, 0.29) is 17.0 Å². The maximum absolute atomic E-state index is 11.7. The van der Waals surface area contributed by atoms with Crippen LogP contribution >= 0.6 is 0 Å². The Labute approximate surface area is 121 Å². The first kappa shape index (κ1) is 16.5. The molecule has 0 atom stereocenters. The summed E-state index contributed by atoms with van der Waals surface area (Å²) < 4.78 is 9.97. The van der Waals surface area contributed by atoms with Crippen molar-refractivity contribution in [2.45, 2.75) is 33.3 Å². The Kier molecular flexibility index (Phi) is 4.91. The number of hydrogen-bond donors (Lipinski definition) is 2. The number of carbonyl (C=O) groups is 3. The average Bonchev–Trinajstić information content (AvgIpc) is 2.27. The van der Waals surface area contributed by atoms with Gasteiger partial charge in [-0.05, 0) is 39.0 Å². The van der Waals surface area contributed by atoms with Crippen molar-refractivity contribution in [3.8, 4) is 5.75 Å². The van der Waals surface area contributed by atoms with Crippen molar-refractivity contribution in [2.24, 2.45) is 0 Å². The quantitative estimate of drug-likeness (QED) is 0.656. The van der Waals surface area contributed by atoms with E-state index in [0.717, 1.165) is 0 Å². The van der Waals surface area contributed by atoms with Crippen LogP contribution in [-0.2, 0) is 9.53 Å². The minimum absolute atomic E-state index is 0.0401. The highest BCUT2D eigenvalue weighted by Gasteiger charge is 2.19. The fraction of sp³-hybridized carbons (Fsp3) is 0.357. The number of hydrogen-bond acceptors (Lipinski definition) is 5. The fourth-order valence-electron chi connectivity index (χ4n) is 1.42. The largest absolute Gasteiger partial charge is 0.478 e. The summed E-state index contributed by atoms with van der Waals surface area (Å²) in [5.41, 5.74) is -0.730. The third kappa shape index (κ3) is 5.52. The van der Waals surface area contributed by atoms with Crippen LogP contribution in [0.25, 0.3) is 0 Å². The van der Waals surface area contributed by atoms with E-state index in [0.29, 0.717) is 0 Å². The summed E-state index contributed by atoms with van der Waals surface area (Å²) in [6, 6.07) is 3.74. The molecule has 0 saturated heterocycles. The molecule has 7 nitrogen and oxygen atoms in total. The van der Waals surface area contributed by atoms with Crippen molar-refractivity contribution in [3.63, 3.8) is 0 Å². The predicted octanol–water partition coefficient (Wildman–Crippen LogP) is 2.66. The first-order valence-electron chi connectivity index (χ1n) is 6.14. The minimum Gasteiger partial charge on any atom is -0.478 e. The molecular weight excluding hydrogens is 278 g/mol. The highest BCUT2D eigenvalue weighted by Crippen LogP contribution is 2.27. The normalized spacial score (nSPS) is 10.7. The van der Waals surface area contributed by atoms with Crippen molar-refractivity contribution in [3.05, 3.63) is 23.8 Å². The first-order chi connectivity index (χ1) is 9.58. The number of aromatic carboxylic acids is 1. The molecule has 0 saturated carbocycles. The van der Waals surface area contributed by atoms with Gasteiger partial charge in [0.1, 0.15) is 5.60 Å². The zero-order valence-corrected chi connectivity index (χ0v) is 12.2. The number of esters is 1.